The maximum Gasteiger partial charge on any atom is 0.332 e. The molecule has 0 aliphatic carbocycles. The molecule has 31 heavy (non-hydrogen) atoms. The second kappa shape index (κ2) is 22.5. The van der Waals surface area contributed by atoms with E-state index in [1.165, 1.54) is 77.0 Å². The van der Waals surface area contributed by atoms with Gasteiger partial charge < -0.3 is 20.4 Å². The molecule has 0 radical (unpaired) electrons. The second-order valence-electron chi connectivity index (χ2n) is 9.37. The molecule has 0 saturated carbocycles. The molecule has 0 bridgehead atoms. The third kappa shape index (κ3) is 21.0. The predicted molar refractivity (Wildman–Crippen MR) is 128 cm³/mol. The van der Waals surface area contributed by atoms with Crippen molar-refractivity contribution < 1.29 is 25.2 Å². The minimum atomic E-state index is -1.20. The number of hydrogen-bond acceptors (Lipinski definition) is 4. The Morgan fingerprint density at radius 2 is 0.806 bits per heavy atom. The summed E-state index contributed by atoms with van der Waals surface area (Å²) in [7, 11) is 0. The van der Waals surface area contributed by atoms with Crippen LogP contribution >= 0.6 is 0 Å². The van der Waals surface area contributed by atoms with Crippen LogP contribution in [0.2, 0.25) is 0 Å². The van der Waals surface area contributed by atoms with Crippen molar-refractivity contribution in [1.29, 1.82) is 0 Å². The number of rotatable bonds is 24. The van der Waals surface area contributed by atoms with Gasteiger partial charge in [-0.25, -0.2) is 4.79 Å². The summed E-state index contributed by atoms with van der Waals surface area (Å²) < 4.78 is 0. The third-order valence-corrected chi connectivity index (χ3v) is 6.31. The van der Waals surface area contributed by atoms with E-state index in [2.05, 4.69) is 6.92 Å². The maximum atomic E-state index is 10.5. The molecular weight excluding hydrogens is 392 g/mol. The predicted octanol–water partition coefficient (Wildman–Crippen LogP) is 6.37. The lowest BCUT2D eigenvalue weighted by Gasteiger charge is -2.17. The summed E-state index contributed by atoms with van der Waals surface area (Å²) in [6.07, 6.45) is 20.6. The van der Waals surface area contributed by atoms with Crippen LogP contribution in [0.5, 0.6) is 0 Å². The minimum absolute atomic E-state index is 0.366. The fourth-order valence-electron chi connectivity index (χ4n) is 4.10. The highest BCUT2D eigenvalue weighted by atomic mass is 16.4. The van der Waals surface area contributed by atoms with E-state index in [1.807, 2.05) is 0 Å². The minimum Gasteiger partial charge on any atom is -0.479 e. The van der Waals surface area contributed by atoms with Crippen molar-refractivity contribution in [2.75, 3.05) is 0 Å². The van der Waals surface area contributed by atoms with Crippen LogP contribution in [0.3, 0.4) is 0 Å². The number of hydrogen-bond donors (Lipinski definition) is 4. The van der Waals surface area contributed by atoms with Gasteiger partial charge in [0.15, 0.2) is 6.10 Å². The molecule has 4 N–H and O–H groups in total. The van der Waals surface area contributed by atoms with E-state index < -0.39 is 24.3 Å². The first-order valence-corrected chi connectivity index (χ1v) is 13.3. The van der Waals surface area contributed by atoms with E-state index in [0.29, 0.717) is 6.42 Å². The number of carboxylic acid groups (broad SMARTS) is 1. The number of carbonyl (C=O) groups is 1. The molecule has 0 aliphatic rings. The van der Waals surface area contributed by atoms with E-state index in [1.54, 1.807) is 0 Å². The van der Waals surface area contributed by atoms with Gasteiger partial charge in [-0.15, -0.1) is 0 Å². The number of aliphatic hydroxyl groups is 3. The van der Waals surface area contributed by atoms with Crippen molar-refractivity contribution in [3.63, 3.8) is 0 Å². The first-order valence-electron chi connectivity index (χ1n) is 13.3. The maximum absolute atomic E-state index is 10.5. The smallest absolute Gasteiger partial charge is 0.332 e. The van der Waals surface area contributed by atoms with Gasteiger partial charge in [-0.1, -0.05) is 122 Å². The molecule has 3 unspecified atom stereocenters. The molecular formula is C26H52O5. The monoisotopic (exact) mass is 444 g/mol. The standard InChI is InChI=1S/C26H52O5/c1-2-3-4-5-14-17-20-23(27)24(28)21-18-15-12-10-8-6-7-9-11-13-16-19-22-25(29)26(30)31/h23-25,27-29H,2-22H2,1H3,(H,30,31). The zero-order valence-electron chi connectivity index (χ0n) is 20.3. The SMILES string of the molecule is CCCCCCCCC(O)C(O)CCCCCCCCCCCCCCC(O)C(=O)O. The van der Waals surface area contributed by atoms with Crippen molar-refractivity contribution in [3.8, 4) is 0 Å². The average Bonchev–Trinajstić information content (AvgIpc) is 2.75. The third-order valence-electron chi connectivity index (χ3n) is 6.31. The normalized spacial score (nSPS) is 14.5. The lowest BCUT2D eigenvalue weighted by molar-refractivity contribution is -0.146. The summed E-state index contributed by atoms with van der Waals surface area (Å²) in [5.74, 6) is -1.11. The molecule has 5 nitrogen and oxygen atoms in total. The zero-order chi connectivity index (χ0) is 23.2. The highest BCUT2D eigenvalue weighted by molar-refractivity contribution is 5.71. The molecule has 0 rings (SSSR count). The molecule has 3 atom stereocenters. The van der Waals surface area contributed by atoms with Gasteiger partial charge in [0.25, 0.3) is 0 Å². The molecule has 5 heteroatoms. The van der Waals surface area contributed by atoms with Gasteiger partial charge in [-0.05, 0) is 19.3 Å². The lowest BCUT2D eigenvalue weighted by Crippen LogP contribution is -2.25. The molecule has 0 aromatic rings. The van der Waals surface area contributed by atoms with Crippen LogP contribution in [0.1, 0.15) is 142 Å². The molecule has 0 aromatic heterocycles. The number of unbranched alkanes of at least 4 members (excludes halogenated alkanes) is 16. The summed E-state index contributed by atoms with van der Waals surface area (Å²) in [5.41, 5.74) is 0. The number of aliphatic hydroxyl groups excluding tert-OH is 3. The van der Waals surface area contributed by atoms with Gasteiger partial charge in [-0.3, -0.25) is 0 Å². The van der Waals surface area contributed by atoms with Gasteiger partial charge in [0.1, 0.15) is 0 Å². The van der Waals surface area contributed by atoms with E-state index in [9.17, 15) is 20.1 Å². The summed E-state index contributed by atoms with van der Waals surface area (Å²) in [4.78, 5) is 10.5. The average molecular weight is 445 g/mol. The van der Waals surface area contributed by atoms with Crippen LogP contribution in [0.4, 0.5) is 0 Å². The van der Waals surface area contributed by atoms with Crippen LogP contribution < -0.4 is 0 Å². The van der Waals surface area contributed by atoms with Crippen LogP contribution in [0.15, 0.2) is 0 Å². The number of carboxylic acids is 1. The van der Waals surface area contributed by atoms with Crippen molar-refractivity contribution in [2.24, 2.45) is 0 Å². The fraction of sp³-hybridized carbons (Fsp3) is 0.962. The second-order valence-corrected chi connectivity index (χ2v) is 9.37. The van der Waals surface area contributed by atoms with Crippen molar-refractivity contribution in [3.05, 3.63) is 0 Å². The topological polar surface area (TPSA) is 98.0 Å². The Bertz CT molecular complexity index is 388. The molecule has 0 amide bonds. The Kier molecular flexibility index (Phi) is 22.1. The highest BCUT2D eigenvalue weighted by Crippen LogP contribution is 2.16. The van der Waals surface area contributed by atoms with Gasteiger partial charge in [0.05, 0.1) is 12.2 Å². The van der Waals surface area contributed by atoms with Crippen LogP contribution in [0.25, 0.3) is 0 Å². The molecule has 0 aromatic carbocycles. The molecule has 0 spiro atoms. The van der Waals surface area contributed by atoms with Gasteiger partial charge in [0, 0.05) is 0 Å². The zero-order valence-corrected chi connectivity index (χ0v) is 20.3. The summed E-state index contributed by atoms with van der Waals surface area (Å²) in [6, 6.07) is 0. The highest BCUT2D eigenvalue weighted by Gasteiger charge is 2.15. The first-order chi connectivity index (χ1) is 15.0. The largest absolute Gasteiger partial charge is 0.479 e. The van der Waals surface area contributed by atoms with Gasteiger partial charge >= 0.3 is 5.97 Å². The fourth-order valence-corrected chi connectivity index (χ4v) is 4.10. The quantitative estimate of drug-likeness (QED) is 0.130. The summed E-state index contributed by atoms with van der Waals surface area (Å²) in [6.45, 7) is 2.22. The van der Waals surface area contributed by atoms with Crippen LogP contribution in [-0.4, -0.2) is 44.7 Å². The molecule has 0 heterocycles. The molecule has 0 saturated heterocycles. The van der Waals surface area contributed by atoms with Crippen LogP contribution in [-0.2, 0) is 4.79 Å². The van der Waals surface area contributed by atoms with Crippen molar-refractivity contribution in [1.82, 2.24) is 0 Å². The Hall–Kier alpha value is -0.650. The molecule has 0 aliphatic heterocycles. The van der Waals surface area contributed by atoms with Crippen LogP contribution in [0, 0.1) is 0 Å². The Morgan fingerprint density at radius 3 is 1.13 bits per heavy atom. The summed E-state index contributed by atoms with van der Waals surface area (Å²) in [5, 5.41) is 38.0. The van der Waals surface area contributed by atoms with Crippen molar-refractivity contribution >= 4 is 5.97 Å². The van der Waals surface area contributed by atoms with E-state index in [-0.39, 0.29) is 0 Å². The Morgan fingerprint density at radius 1 is 0.516 bits per heavy atom. The first kappa shape index (κ1) is 30.4. The molecule has 0 fully saturated rings. The van der Waals surface area contributed by atoms with E-state index in [0.717, 1.165) is 51.4 Å². The number of aliphatic carboxylic acids is 1. The van der Waals surface area contributed by atoms with Gasteiger partial charge in [-0.2, -0.15) is 0 Å². The van der Waals surface area contributed by atoms with E-state index >= 15 is 0 Å². The Balaban J connectivity index is 3.30. The lowest BCUT2D eigenvalue weighted by atomic mass is 9.99. The Labute approximate surface area is 191 Å². The van der Waals surface area contributed by atoms with Crippen molar-refractivity contribution in [2.45, 2.75) is 160 Å². The van der Waals surface area contributed by atoms with Gasteiger partial charge in [0.2, 0.25) is 0 Å². The molecule has 186 valence electrons. The summed E-state index contributed by atoms with van der Waals surface area (Å²) >= 11 is 0. The van der Waals surface area contributed by atoms with E-state index in [4.69, 9.17) is 5.11 Å².